The van der Waals surface area contributed by atoms with Gasteiger partial charge in [0.1, 0.15) is 17.5 Å². The fourth-order valence-electron chi connectivity index (χ4n) is 2.46. The van der Waals surface area contributed by atoms with Crippen LogP contribution in [0.1, 0.15) is 5.56 Å². The van der Waals surface area contributed by atoms with Crippen molar-refractivity contribution < 1.29 is 23.9 Å². The van der Waals surface area contributed by atoms with Crippen molar-refractivity contribution in [1.29, 1.82) is 0 Å². The summed E-state index contributed by atoms with van der Waals surface area (Å²) in [6.45, 7) is -0.576. The molecule has 3 aromatic rings. The lowest BCUT2D eigenvalue weighted by molar-refractivity contribution is -0.385. The number of pyridine rings is 1. The van der Waals surface area contributed by atoms with E-state index in [1.165, 1.54) is 18.2 Å². The molecule has 0 aliphatic carbocycles. The Balaban J connectivity index is 1.63. The van der Waals surface area contributed by atoms with Crippen LogP contribution in [0.3, 0.4) is 0 Å². The normalized spacial score (nSPS) is 10.5. The molecule has 0 aliphatic heterocycles. The number of ether oxygens (including phenoxy) is 3. The van der Waals surface area contributed by atoms with E-state index in [0.717, 1.165) is 5.39 Å². The Morgan fingerprint density at radius 3 is 2.75 bits per heavy atom. The smallest absolute Gasteiger partial charge is 0.344 e. The number of hydrogen-bond acceptors (Lipinski definition) is 7. The van der Waals surface area contributed by atoms with E-state index in [4.69, 9.17) is 25.8 Å². The summed E-state index contributed by atoms with van der Waals surface area (Å²) in [5.41, 5.74) is 0.949. The number of nitro groups is 1. The second-order valence-corrected chi connectivity index (χ2v) is 6.03. The summed E-state index contributed by atoms with van der Waals surface area (Å²) in [5, 5.41) is 12.0. The number of aromatic nitrogens is 1. The Labute approximate surface area is 164 Å². The zero-order valence-electron chi connectivity index (χ0n) is 14.8. The van der Waals surface area contributed by atoms with Gasteiger partial charge in [-0.05, 0) is 24.3 Å². The number of carbonyl (C=O) groups is 1. The molecule has 0 atom stereocenters. The number of carbonyl (C=O) groups excluding carboxylic acids is 1. The molecule has 0 radical (unpaired) electrons. The van der Waals surface area contributed by atoms with Crippen molar-refractivity contribution in [2.24, 2.45) is 0 Å². The van der Waals surface area contributed by atoms with E-state index in [1.807, 2.05) is 6.07 Å². The summed E-state index contributed by atoms with van der Waals surface area (Å²) < 4.78 is 15.5. The van der Waals surface area contributed by atoms with Gasteiger partial charge in [-0.3, -0.25) is 10.1 Å². The zero-order valence-corrected chi connectivity index (χ0v) is 15.5. The van der Waals surface area contributed by atoms with Crippen molar-refractivity contribution in [3.8, 4) is 11.5 Å². The number of fused-ring (bicyclic) bond motifs is 1. The highest BCUT2D eigenvalue weighted by Crippen LogP contribution is 2.26. The quantitative estimate of drug-likeness (QED) is 0.255. The van der Waals surface area contributed by atoms with Gasteiger partial charge in [-0.25, -0.2) is 9.78 Å². The Bertz CT molecular complexity index is 1040. The van der Waals surface area contributed by atoms with Gasteiger partial charge in [-0.15, -0.1) is 0 Å². The molecule has 28 heavy (non-hydrogen) atoms. The highest BCUT2D eigenvalue weighted by atomic mass is 35.5. The van der Waals surface area contributed by atoms with E-state index < -0.39 is 17.5 Å². The van der Waals surface area contributed by atoms with E-state index in [9.17, 15) is 14.9 Å². The van der Waals surface area contributed by atoms with Crippen molar-refractivity contribution in [3.05, 3.63) is 69.4 Å². The topological polar surface area (TPSA) is 101 Å². The second kappa shape index (κ2) is 8.53. The first-order valence-corrected chi connectivity index (χ1v) is 8.50. The average Bonchev–Trinajstić information content (AvgIpc) is 2.70. The van der Waals surface area contributed by atoms with Gasteiger partial charge in [0.05, 0.1) is 17.5 Å². The third-order valence-corrected chi connectivity index (χ3v) is 4.17. The number of nitro benzene ring substituents is 1. The van der Waals surface area contributed by atoms with Gasteiger partial charge in [0.2, 0.25) is 0 Å². The first kappa shape index (κ1) is 19.4. The molecule has 0 unspecified atom stereocenters. The number of hydrogen-bond donors (Lipinski definition) is 0. The molecule has 0 N–H and O–H groups in total. The van der Waals surface area contributed by atoms with Gasteiger partial charge < -0.3 is 14.2 Å². The number of esters is 1. The van der Waals surface area contributed by atoms with Crippen LogP contribution in [0, 0.1) is 10.1 Å². The van der Waals surface area contributed by atoms with Crippen LogP contribution in [0.15, 0.2) is 48.5 Å². The summed E-state index contributed by atoms with van der Waals surface area (Å²) in [6, 6.07) is 12.9. The van der Waals surface area contributed by atoms with Gasteiger partial charge >= 0.3 is 11.7 Å². The monoisotopic (exact) mass is 402 g/mol. The van der Waals surface area contributed by atoms with Crippen LogP contribution < -0.4 is 9.47 Å². The number of para-hydroxylation sites is 2. The van der Waals surface area contributed by atoms with Crippen LogP contribution in [-0.4, -0.2) is 29.6 Å². The predicted octanol–water partition coefficient (Wildman–Crippen LogP) is 3.93. The van der Waals surface area contributed by atoms with Crippen molar-refractivity contribution >= 4 is 34.2 Å². The summed E-state index contributed by atoms with van der Waals surface area (Å²) in [5.74, 6) is -0.0461. The van der Waals surface area contributed by atoms with Gasteiger partial charge in [-0.1, -0.05) is 23.7 Å². The van der Waals surface area contributed by atoms with Gasteiger partial charge in [-0.2, -0.15) is 0 Å². The maximum absolute atomic E-state index is 11.9. The van der Waals surface area contributed by atoms with E-state index in [1.54, 1.807) is 31.4 Å². The highest BCUT2D eigenvalue weighted by molar-refractivity contribution is 6.30. The predicted molar refractivity (Wildman–Crippen MR) is 102 cm³/mol. The molecule has 144 valence electrons. The minimum Gasteiger partial charge on any atom is -0.497 e. The molecule has 8 nitrogen and oxygen atoms in total. The van der Waals surface area contributed by atoms with Crippen LogP contribution in [0.2, 0.25) is 5.15 Å². The molecule has 0 saturated heterocycles. The van der Waals surface area contributed by atoms with Crippen LogP contribution in [0.4, 0.5) is 5.69 Å². The maximum atomic E-state index is 11.9. The molecular formula is C19H15ClN2O6. The van der Waals surface area contributed by atoms with Crippen LogP contribution in [-0.2, 0) is 16.1 Å². The standard InChI is InChI=1S/C19H15ClN2O6/c1-26-14-7-6-12-8-13(19(20)21-15(12)9-14)10-28-18(23)11-27-17-5-3-2-4-16(17)22(24)25/h2-9H,10-11H2,1H3. The second-order valence-electron chi connectivity index (χ2n) is 5.67. The largest absolute Gasteiger partial charge is 0.497 e. The number of methoxy groups -OCH3 is 1. The minimum atomic E-state index is -0.691. The molecule has 9 heteroatoms. The first-order chi connectivity index (χ1) is 13.5. The third-order valence-electron chi connectivity index (χ3n) is 3.85. The molecular weight excluding hydrogens is 388 g/mol. The lowest BCUT2D eigenvalue weighted by Crippen LogP contribution is -2.15. The lowest BCUT2D eigenvalue weighted by Gasteiger charge is -2.09. The van der Waals surface area contributed by atoms with Crippen LogP contribution in [0.5, 0.6) is 11.5 Å². The SMILES string of the molecule is COc1ccc2cc(COC(=O)COc3ccccc3[N+](=O)[O-])c(Cl)nc2c1. The average molecular weight is 403 g/mol. The molecule has 0 bridgehead atoms. The van der Waals surface area contributed by atoms with Gasteiger partial charge in [0.15, 0.2) is 12.4 Å². The maximum Gasteiger partial charge on any atom is 0.344 e. The lowest BCUT2D eigenvalue weighted by atomic mass is 10.1. The van der Waals surface area contributed by atoms with Gasteiger partial charge in [0, 0.05) is 23.1 Å². The van der Waals surface area contributed by atoms with Gasteiger partial charge in [0.25, 0.3) is 0 Å². The van der Waals surface area contributed by atoms with E-state index >= 15 is 0 Å². The number of nitrogens with zero attached hydrogens (tertiary/aromatic N) is 2. The number of halogens is 1. The molecule has 1 heterocycles. The Morgan fingerprint density at radius 2 is 2.00 bits per heavy atom. The van der Waals surface area contributed by atoms with Crippen molar-refractivity contribution in [3.63, 3.8) is 0 Å². The van der Waals surface area contributed by atoms with E-state index in [2.05, 4.69) is 4.98 Å². The van der Waals surface area contributed by atoms with Crippen molar-refractivity contribution in [2.75, 3.05) is 13.7 Å². The fraction of sp³-hybridized carbons (Fsp3) is 0.158. The third kappa shape index (κ3) is 4.47. The Kier molecular flexibility index (Phi) is 5.90. The summed E-state index contributed by atoms with van der Waals surface area (Å²) in [4.78, 5) is 26.6. The van der Waals surface area contributed by atoms with Crippen LogP contribution >= 0.6 is 11.6 Å². The Hall–Kier alpha value is -3.39. The highest BCUT2D eigenvalue weighted by Gasteiger charge is 2.16. The first-order valence-electron chi connectivity index (χ1n) is 8.13. The summed E-state index contributed by atoms with van der Waals surface area (Å²) in [7, 11) is 1.56. The summed E-state index contributed by atoms with van der Waals surface area (Å²) in [6.07, 6.45) is 0. The van der Waals surface area contributed by atoms with Crippen LogP contribution in [0.25, 0.3) is 10.9 Å². The van der Waals surface area contributed by atoms with E-state index in [0.29, 0.717) is 16.8 Å². The molecule has 0 amide bonds. The minimum absolute atomic E-state index is 0.0104. The Morgan fingerprint density at radius 1 is 1.21 bits per heavy atom. The number of rotatable bonds is 7. The van der Waals surface area contributed by atoms with Crippen molar-refractivity contribution in [2.45, 2.75) is 6.61 Å². The zero-order chi connectivity index (χ0) is 20.1. The van der Waals surface area contributed by atoms with Crippen molar-refractivity contribution in [1.82, 2.24) is 4.98 Å². The molecule has 1 aromatic heterocycles. The molecule has 0 aliphatic rings. The summed E-state index contributed by atoms with van der Waals surface area (Å²) >= 11 is 6.16. The molecule has 3 rings (SSSR count). The number of benzene rings is 2. The molecule has 0 saturated carbocycles. The molecule has 0 spiro atoms. The molecule has 2 aromatic carbocycles. The van der Waals surface area contributed by atoms with E-state index in [-0.39, 0.29) is 23.2 Å². The fourth-order valence-corrected chi connectivity index (χ4v) is 2.66. The molecule has 0 fully saturated rings.